The minimum absolute atomic E-state index is 0.0159. The van der Waals surface area contributed by atoms with Crippen LogP contribution in [0.1, 0.15) is 32.6 Å². The molecule has 2 fully saturated rings. The smallest absolute Gasteiger partial charge is 0.321 e. The molecule has 0 atom stereocenters. The number of urea groups is 1. The summed E-state index contributed by atoms with van der Waals surface area (Å²) in [6.45, 7) is 5.60. The molecule has 0 radical (unpaired) electrons. The third kappa shape index (κ3) is 7.52. The van der Waals surface area contributed by atoms with Crippen LogP contribution in [-0.4, -0.2) is 74.7 Å². The van der Waals surface area contributed by atoms with E-state index in [-0.39, 0.29) is 25.0 Å². The van der Waals surface area contributed by atoms with E-state index in [0.717, 1.165) is 57.7 Å². The number of rotatable bonds is 8. The number of likely N-dealkylation sites (N-methyl/N-ethyl adjacent to an activating group) is 1. The Hall–Kier alpha value is -2.65. The number of carbonyl (C=O) groups is 3. The number of carbonyl (C=O) groups excluding carboxylic acids is 3. The van der Waals surface area contributed by atoms with Crippen LogP contribution in [0.5, 0.6) is 0 Å². The van der Waals surface area contributed by atoms with Crippen molar-refractivity contribution in [3.05, 3.63) is 24.3 Å². The first kappa shape index (κ1) is 23.0. The second kappa shape index (κ2) is 11.7. The molecular weight excluding hydrogens is 398 g/mol. The molecule has 3 rings (SSSR count). The fraction of sp³-hybridized carbons (Fsp3) is 0.591. The quantitative estimate of drug-likeness (QED) is 0.577. The Labute approximate surface area is 183 Å². The summed E-state index contributed by atoms with van der Waals surface area (Å²) in [6, 6.07) is 7.40. The predicted octanol–water partition coefficient (Wildman–Crippen LogP) is 1.55. The molecule has 1 aromatic carbocycles. The Balaban J connectivity index is 1.41. The molecule has 170 valence electrons. The predicted molar refractivity (Wildman–Crippen MR) is 119 cm³/mol. The monoisotopic (exact) mass is 431 g/mol. The van der Waals surface area contributed by atoms with Crippen molar-refractivity contribution in [2.45, 2.75) is 38.6 Å². The minimum Gasteiger partial charge on any atom is -0.378 e. The first-order valence-electron chi connectivity index (χ1n) is 11.1. The third-order valence-corrected chi connectivity index (χ3v) is 5.65. The van der Waals surface area contributed by atoms with E-state index in [2.05, 4.69) is 20.9 Å². The Morgan fingerprint density at radius 3 is 2.32 bits per heavy atom. The van der Waals surface area contributed by atoms with Gasteiger partial charge in [0.25, 0.3) is 0 Å². The van der Waals surface area contributed by atoms with E-state index in [4.69, 9.17) is 4.74 Å². The zero-order valence-corrected chi connectivity index (χ0v) is 18.2. The van der Waals surface area contributed by atoms with Crippen molar-refractivity contribution in [2.24, 2.45) is 0 Å². The van der Waals surface area contributed by atoms with Gasteiger partial charge in [-0.1, -0.05) is 19.8 Å². The van der Waals surface area contributed by atoms with E-state index >= 15 is 0 Å². The fourth-order valence-electron chi connectivity index (χ4n) is 3.92. The molecule has 4 amide bonds. The topological polar surface area (TPSA) is 103 Å². The molecule has 1 aliphatic carbocycles. The summed E-state index contributed by atoms with van der Waals surface area (Å²) in [7, 11) is 0. The molecule has 1 heterocycles. The van der Waals surface area contributed by atoms with Gasteiger partial charge in [0.2, 0.25) is 11.8 Å². The van der Waals surface area contributed by atoms with Gasteiger partial charge >= 0.3 is 6.03 Å². The number of anilines is 2. The average Bonchev–Trinajstić information content (AvgIpc) is 3.27. The maximum atomic E-state index is 12.4. The summed E-state index contributed by atoms with van der Waals surface area (Å²) in [5.41, 5.74) is 1.81. The number of benzene rings is 1. The summed E-state index contributed by atoms with van der Waals surface area (Å²) in [5, 5.41) is 8.04. The molecule has 31 heavy (non-hydrogen) atoms. The molecule has 1 aliphatic heterocycles. The first-order chi connectivity index (χ1) is 15.0. The third-order valence-electron chi connectivity index (χ3n) is 5.65. The van der Waals surface area contributed by atoms with E-state index < -0.39 is 11.9 Å². The molecule has 1 saturated carbocycles. The van der Waals surface area contributed by atoms with Crippen molar-refractivity contribution in [3.63, 3.8) is 0 Å². The van der Waals surface area contributed by atoms with Crippen LogP contribution in [0.15, 0.2) is 24.3 Å². The lowest BCUT2D eigenvalue weighted by atomic mass is 10.2. The van der Waals surface area contributed by atoms with Crippen molar-refractivity contribution in [1.82, 2.24) is 15.5 Å². The van der Waals surface area contributed by atoms with Gasteiger partial charge in [-0.25, -0.2) is 4.79 Å². The van der Waals surface area contributed by atoms with Gasteiger partial charge in [0.15, 0.2) is 0 Å². The number of hydrogen-bond donors (Lipinski definition) is 3. The number of ether oxygens (including phenoxy) is 1. The van der Waals surface area contributed by atoms with Gasteiger partial charge in [-0.3, -0.25) is 19.8 Å². The van der Waals surface area contributed by atoms with Crippen LogP contribution in [-0.2, 0) is 14.3 Å². The average molecular weight is 432 g/mol. The Bertz CT molecular complexity index is 743. The lowest BCUT2D eigenvalue weighted by Crippen LogP contribution is -2.48. The molecule has 0 unspecified atom stereocenters. The van der Waals surface area contributed by atoms with E-state index in [9.17, 15) is 14.4 Å². The summed E-state index contributed by atoms with van der Waals surface area (Å²) in [5.74, 6) is -0.621. The van der Waals surface area contributed by atoms with E-state index in [1.807, 2.05) is 31.2 Å². The number of nitrogens with zero attached hydrogens (tertiary/aromatic N) is 2. The summed E-state index contributed by atoms with van der Waals surface area (Å²) in [4.78, 5) is 40.4. The highest BCUT2D eigenvalue weighted by molar-refractivity contribution is 5.96. The number of hydrogen-bond acceptors (Lipinski definition) is 6. The lowest BCUT2D eigenvalue weighted by Gasteiger charge is -2.29. The molecule has 1 saturated heterocycles. The highest BCUT2D eigenvalue weighted by Gasteiger charge is 2.20. The van der Waals surface area contributed by atoms with E-state index in [0.29, 0.717) is 12.2 Å². The molecule has 9 nitrogen and oxygen atoms in total. The minimum atomic E-state index is -0.460. The van der Waals surface area contributed by atoms with E-state index in [1.54, 1.807) is 4.90 Å². The lowest BCUT2D eigenvalue weighted by molar-refractivity contribution is -0.122. The number of morpholine rings is 1. The van der Waals surface area contributed by atoms with Gasteiger partial charge in [-0.2, -0.15) is 0 Å². The van der Waals surface area contributed by atoms with Gasteiger partial charge in [-0.05, 0) is 43.7 Å². The fourth-order valence-corrected chi connectivity index (χ4v) is 3.92. The molecule has 0 bridgehead atoms. The first-order valence-corrected chi connectivity index (χ1v) is 11.1. The van der Waals surface area contributed by atoms with Crippen molar-refractivity contribution >= 4 is 29.2 Å². The van der Waals surface area contributed by atoms with Crippen LogP contribution in [0.25, 0.3) is 0 Å². The van der Waals surface area contributed by atoms with Crippen molar-refractivity contribution in [3.8, 4) is 0 Å². The zero-order chi connectivity index (χ0) is 22.1. The second-order valence-electron chi connectivity index (χ2n) is 8.00. The van der Waals surface area contributed by atoms with Crippen molar-refractivity contribution in [1.29, 1.82) is 0 Å². The molecule has 3 N–H and O–H groups in total. The van der Waals surface area contributed by atoms with Gasteiger partial charge < -0.3 is 20.3 Å². The van der Waals surface area contributed by atoms with Gasteiger partial charge in [0, 0.05) is 30.5 Å². The maximum Gasteiger partial charge on any atom is 0.321 e. The number of nitrogens with one attached hydrogen (secondary N) is 3. The van der Waals surface area contributed by atoms with Crippen molar-refractivity contribution < 1.29 is 19.1 Å². The Morgan fingerprint density at radius 2 is 1.68 bits per heavy atom. The molecular formula is C22H33N5O4. The summed E-state index contributed by atoms with van der Waals surface area (Å²) >= 11 is 0. The summed E-state index contributed by atoms with van der Waals surface area (Å²) < 4.78 is 5.37. The van der Waals surface area contributed by atoms with Crippen molar-refractivity contribution in [2.75, 3.05) is 56.2 Å². The largest absolute Gasteiger partial charge is 0.378 e. The second-order valence-corrected chi connectivity index (χ2v) is 8.00. The van der Waals surface area contributed by atoms with Crippen LogP contribution in [0.3, 0.4) is 0 Å². The maximum absolute atomic E-state index is 12.4. The zero-order valence-electron chi connectivity index (χ0n) is 18.2. The Kier molecular flexibility index (Phi) is 8.66. The standard InChI is InChI=1S/C22H33N5O4/c1-2-26(16-21(29)25-22(30)24-17-5-3-4-6-17)15-20(28)23-18-7-9-19(10-8-18)27-11-13-31-14-12-27/h7-10,17H,2-6,11-16H2,1H3,(H,23,28)(H2,24,25,29,30). The highest BCUT2D eigenvalue weighted by atomic mass is 16.5. The molecule has 2 aliphatic rings. The van der Waals surface area contributed by atoms with Gasteiger partial charge in [0.05, 0.1) is 26.3 Å². The van der Waals surface area contributed by atoms with Crippen LogP contribution in [0, 0.1) is 0 Å². The van der Waals surface area contributed by atoms with Crippen LogP contribution < -0.4 is 20.9 Å². The molecule has 0 aromatic heterocycles. The number of imide groups is 1. The van der Waals surface area contributed by atoms with Crippen LogP contribution in [0.2, 0.25) is 0 Å². The SMILES string of the molecule is CCN(CC(=O)NC(=O)NC1CCCC1)CC(=O)Nc1ccc(N2CCOCC2)cc1. The van der Waals surface area contributed by atoms with Gasteiger partial charge in [-0.15, -0.1) is 0 Å². The highest BCUT2D eigenvalue weighted by Crippen LogP contribution is 2.19. The molecule has 9 heteroatoms. The van der Waals surface area contributed by atoms with Gasteiger partial charge in [0.1, 0.15) is 0 Å². The molecule has 1 aromatic rings. The normalized spacial score (nSPS) is 16.9. The molecule has 0 spiro atoms. The number of amides is 4. The Morgan fingerprint density at radius 1 is 1.03 bits per heavy atom. The summed E-state index contributed by atoms with van der Waals surface area (Å²) in [6.07, 6.45) is 4.12. The van der Waals surface area contributed by atoms with Crippen LogP contribution in [0.4, 0.5) is 16.2 Å². The van der Waals surface area contributed by atoms with E-state index in [1.165, 1.54) is 0 Å². The van der Waals surface area contributed by atoms with Crippen LogP contribution >= 0.6 is 0 Å².